The summed E-state index contributed by atoms with van der Waals surface area (Å²) in [6, 6.07) is 7.17. The Morgan fingerprint density at radius 1 is 1.33 bits per heavy atom. The molecule has 2 aromatic rings. The number of anilines is 2. The zero-order chi connectivity index (χ0) is 15.4. The van der Waals surface area contributed by atoms with E-state index in [1.54, 1.807) is 0 Å². The highest BCUT2D eigenvalue weighted by Gasteiger charge is 2.13. The van der Waals surface area contributed by atoms with Crippen LogP contribution in [0.2, 0.25) is 0 Å². The number of carbonyl (C=O) groups is 1. The van der Waals surface area contributed by atoms with E-state index in [1.165, 1.54) is 36.5 Å². The van der Waals surface area contributed by atoms with Crippen LogP contribution in [0.4, 0.5) is 17.2 Å². The van der Waals surface area contributed by atoms with E-state index in [0.717, 1.165) is 0 Å². The predicted molar refractivity (Wildman–Crippen MR) is 80.8 cm³/mol. The summed E-state index contributed by atoms with van der Waals surface area (Å²) in [5.41, 5.74) is 2.83. The van der Waals surface area contributed by atoms with Crippen LogP contribution in [-0.4, -0.2) is 15.8 Å². The summed E-state index contributed by atoms with van der Waals surface area (Å²) in [5, 5.41) is 13.3. The van der Waals surface area contributed by atoms with Gasteiger partial charge < -0.3 is 10.7 Å². The van der Waals surface area contributed by atoms with Gasteiger partial charge >= 0.3 is 0 Å². The Bertz CT molecular complexity index is 690. The number of non-ortho nitro benzene ring substituents is 1. The summed E-state index contributed by atoms with van der Waals surface area (Å²) >= 11 is 3.22. The lowest BCUT2D eigenvalue weighted by atomic mass is 10.2. The fourth-order valence-electron chi connectivity index (χ4n) is 1.53. The first-order valence-corrected chi connectivity index (χ1v) is 6.48. The van der Waals surface area contributed by atoms with Crippen molar-refractivity contribution in [2.75, 3.05) is 10.7 Å². The number of rotatable bonds is 4. The first kappa shape index (κ1) is 14.9. The third-order valence-electron chi connectivity index (χ3n) is 2.58. The molecular weight excluding hydrogens is 342 g/mol. The monoisotopic (exact) mass is 351 g/mol. The van der Waals surface area contributed by atoms with E-state index in [4.69, 9.17) is 5.84 Å². The molecule has 2 rings (SSSR count). The van der Waals surface area contributed by atoms with Crippen LogP contribution in [0.25, 0.3) is 0 Å². The van der Waals surface area contributed by atoms with E-state index in [9.17, 15) is 14.9 Å². The van der Waals surface area contributed by atoms with Gasteiger partial charge in [-0.2, -0.15) is 0 Å². The van der Waals surface area contributed by atoms with Crippen LogP contribution in [0.1, 0.15) is 10.4 Å². The van der Waals surface area contributed by atoms with E-state index >= 15 is 0 Å². The van der Waals surface area contributed by atoms with Gasteiger partial charge in [-0.1, -0.05) is 0 Å². The molecule has 1 amide bonds. The average molecular weight is 352 g/mol. The van der Waals surface area contributed by atoms with Crippen LogP contribution in [0.5, 0.6) is 0 Å². The Labute approximate surface area is 127 Å². The van der Waals surface area contributed by atoms with E-state index in [2.05, 4.69) is 31.7 Å². The molecule has 0 unspecified atom stereocenters. The van der Waals surface area contributed by atoms with Gasteiger partial charge in [0.1, 0.15) is 5.82 Å². The lowest BCUT2D eigenvalue weighted by Crippen LogP contribution is -2.14. The van der Waals surface area contributed by atoms with Gasteiger partial charge in [-0.15, -0.1) is 0 Å². The number of hydrazine groups is 1. The predicted octanol–water partition coefficient (Wildman–Crippen LogP) is 2.29. The van der Waals surface area contributed by atoms with Crippen LogP contribution in [0.3, 0.4) is 0 Å². The summed E-state index contributed by atoms with van der Waals surface area (Å²) < 4.78 is 0.537. The van der Waals surface area contributed by atoms with E-state index in [1.807, 2.05) is 0 Å². The van der Waals surface area contributed by atoms with E-state index in [0.29, 0.717) is 21.5 Å². The van der Waals surface area contributed by atoms with E-state index in [-0.39, 0.29) is 5.69 Å². The molecule has 0 aliphatic rings. The molecule has 1 heterocycles. The Morgan fingerprint density at radius 3 is 2.67 bits per heavy atom. The lowest BCUT2D eigenvalue weighted by Gasteiger charge is -2.07. The number of benzene rings is 1. The van der Waals surface area contributed by atoms with Gasteiger partial charge in [0.05, 0.1) is 16.2 Å². The number of nitro groups is 1. The molecule has 1 aromatic carbocycles. The first-order valence-electron chi connectivity index (χ1n) is 5.69. The lowest BCUT2D eigenvalue weighted by molar-refractivity contribution is -0.384. The molecule has 0 aliphatic heterocycles. The summed E-state index contributed by atoms with van der Waals surface area (Å²) in [4.78, 5) is 26.2. The highest BCUT2D eigenvalue weighted by Crippen LogP contribution is 2.27. The average Bonchev–Trinajstić information content (AvgIpc) is 2.49. The normalized spacial score (nSPS) is 10.0. The number of nitrogens with zero attached hydrogens (tertiary/aromatic N) is 2. The molecule has 0 aliphatic carbocycles. The Balaban J connectivity index is 2.22. The topological polar surface area (TPSA) is 123 Å². The van der Waals surface area contributed by atoms with Crippen molar-refractivity contribution in [2.45, 2.75) is 0 Å². The van der Waals surface area contributed by atoms with Crippen molar-refractivity contribution >= 4 is 39.0 Å². The summed E-state index contributed by atoms with van der Waals surface area (Å²) in [5.74, 6) is 5.16. The summed E-state index contributed by atoms with van der Waals surface area (Å²) in [6.07, 6.45) is 1.34. The van der Waals surface area contributed by atoms with Crippen LogP contribution in [0, 0.1) is 10.1 Å². The third-order valence-corrected chi connectivity index (χ3v) is 3.27. The smallest absolute Gasteiger partial charge is 0.271 e. The molecule has 0 fully saturated rings. The van der Waals surface area contributed by atoms with Gasteiger partial charge in [-0.25, -0.2) is 10.8 Å². The zero-order valence-electron chi connectivity index (χ0n) is 10.5. The second-order valence-corrected chi connectivity index (χ2v) is 4.81. The van der Waals surface area contributed by atoms with Crippen molar-refractivity contribution in [3.63, 3.8) is 0 Å². The maximum absolute atomic E-state index is 12.1. The molecule has 21 heavy (non-hydrogen) atoms. The molecule has 1 aromatic heterocycles. The molecule has 8 nitrogen and oxygen atoms in total. The van der Waals surface area contributed by atoms with Crippen LogP contribution in [-0.2, 0) is 0 Å². The first-order chi connectivity index (χ1) is 10.0. The standard InChI is InChI=1S/C12H10BrN5O3/c13-9-3-2-8(18(20)21)5-10(9)16-12(19)7-1-4-11(17-14)15-6-7/h1-6H,14H2,(H,15,17)(H,16,19). The van der Waals surface area contributed by atoms with Crippen molar-refractivity contribution < 1.29 is 9.72 Å². The number of carbonyl (C=O) groups excluding carboxylic acids is 1. The van der Waals surface area contributed by atoms with Crippen molar-refractivity contribution in [1.82, 2.24) is 4.98 Å². The van der Waals surface area contributed by atoms with E-state index < -0.39 is 10.8 Å². The Morgan fingerprint density at radius 2 is 2.10 bits per heavy atom. The van der Waals surface area contributed by atoms with Crippen molar-refractivity contribution in [2.24, 2.45) is 5.84 Å². The fourth-order valence-corrected chi connectivity index (χ4v) is 1.88. The summed E-state index contributed by atoms with van der Waals surface area (Å²) in [7, 11) is 0. The molecule has 0 saturated carbocycles. The number of nitrogens with one attached hydrogen (secondary N) is 2. The number of hydrogen-bond donors (Lipinski definition) is 3. The van der Waals surface area contributed by atoms with Gasteiger partial charge in [-0.3, -0.25) is 14.9 Å². The third kappa shape index (κ3) is 3.52. The number of nitro benzene ring substituents is 1. The second kappa shape index (κ2) is 6.29. The van der Waals surface area contributed by atoms with Crippen molar-refractivity contribution in [1.29, 1.82) is 0 Å². The minimum absolute atomic E-state index is 0.116. The zero-order valence-corrected chi connectivity index (χ0v) is 12.1. The molecule has 0 atom stereocenters. The molecule has 4 N–H and O–H groups in total. The molecule has 0 saturated heterocycles. The van der Waals surface area contributed by atoms with Crippen LogP contribution >= 0.6 is 15.9 Å². The SMILES string of the molecule is NNc1ccc(C(=O)Nc2cc([N+](=O)[O-])ccc2Br)cn1. The minimum atomic E-state index is -0.536. The van der Waals surface area contributed by atoms with Crippen LogP contribution in [0.15, 0.2) is 41.0 Å². The van der Waals surface area contributed by atoms with Crippen molar-refractivity contribution in [3.05, 3.63) is 56.7 Å². The minimum Gasteiger partial charge on any atom is -0.321 e. The number of hydrogen-bond acceptors (Lipinski definition) is 6. The summed E-state index contributed by atoms with van der Waals surface area (Å²) in [6.45, 7) is 0. The number of pyridine rings is 1. The molecular formula is C12H10BrN5O3. The van der Waals surface area contributed by atoms with Gasteiger partial charge in [0, 0.05) is 22.8 Å². The fraction of sp³-hybridized carbons (Fsp3) is 0. The van der Waals surface area contributed by atoms with Gasteiger partial charge in [0.15, 0.2) is 0 Å². The maximum atomic E-state index is 12.1. The highest BCUT2D eigenvalue weighted by molar-refractivity contribution is 9.10. The number of aromatic nitrogens is 1. The molecule has 0 spiro atoms. The van der Waals surface area contributed by atoms with Gasteiger partial charge in [0.25, 0.3) is 11.6 Å². The largest absolute Gasteiger partial charge is 0.321 e. The highest BCUT2D eigenvalue weighted by atomic mass is 79.9. The van der Waals surface area contributed by atoms with Gasteiger partial charge in [0.2, 0.25) is 0 Å². The van der Waals surface area contributed by atoms with Crippen LogP contribution < -0.4 is 16.6 Å². The van der Waals surface area contributed by atoms with Gasteiger partial charge in [-0.05, 0) is 34.1 Å². The maximum Gasteiger partial charge on any atom is 0.271 e. The van der Waals surface area contributed by atoms with Crippen molar-refractivity contribution in [3.8, 4) is 0 Å². The quantitative estimate of drug-likeness (QED) is 0.441. The number of halogens is 1. The Hall–Kier alpha value is -2.52. The molecule has 0 radical (unpaired) electrons. The molecule has 9 heteroatoms. The Kier molecular flexibility index (Phi) is 4.45. The second-order valence-electron chi connectivity index (χ2n) is 3.95. The number of nitrogen functional groups attached to an aromatic ring is 1. The molecule has 108 valence electrons. The molecule has 0 bridgehead atoms. The number of amides is 1. The number of nitrogens with two attached hydrogens (primary N) is 1.